The zero-order valence-electron chi connectivity index (χ0n) is 12.8. The van der Waals surface area contributed by atoms with Gasteiger partial charge in [0.2, 0.25) is 0 Å². The molecule has 0 aromatic heterocycles. The molecule has 1 aliphatic carbocycles. The van der Waals surface area contributed by atoms with Crippen molar-refractivity contribution in [1.29, 1.82) is 0 Å². The molecule has 1 aromatic carbocycles. The highest BCUT2D eigenvalue weighted by molar-refractivity contribution is 5.55. The number of para-hydroxylation sites is 1. The Labute approximate surface area is 123 Å². The Morgan fingerprint density at radius 2 is 1.95 bits per heavy atom. The van der Waals surface area contributed by atoms with Crippen LogP contribution in [-0.2, 0) is 6.54 Å². The second-order valence-corrected chi connectivity index (χ2v) is 6.60. The smallest absolute Gasteiger partial charge is 0.0412 e. The summed E-state index contributed by atoms with van der Waals surface area (Å²) in [7, 11) is 0. The van der Waals surface area contributed by atoms with Crippen molar-refractivity contribution in [1.82, 2.24) is 5.32 Å². The summed E-state index contributed by atoms with van der Waals surface area (Å²) in [6.45, 7) is 5.75. The lowest BCUT2D eigenvalue weighted by Crippen LogP contribution is -2.49. The van der Waals surface area contributed by atoms with Crippen LogP contribution in [0.3, 0.4) is 0 Å². The van der Waals surface area contributed by atoms with Crippen LogP contribution in [0.4, 0.5) is 5.69 Å². The summed E-state index contributed by atoms with van der Waals surface area (Å²) in [5, 5.41) is 3.89. The predicted octanol–water partition coefficient (Wildman–Crippen LogP) is 4.10. The van der Waals surface area contributed by atoms with Crippen LogP contribution in [-0.4, -0.2) is 18.6 Å². The maximum absolute atomic E-state index is 3.89. The van der Waals surface area contributed by atoms with E-state index in [0.717, 1.165) is 6.54 Å². The molecule has 0 saturated heterocycles. The Hall–Kier alpha value is -1.02. The van der Waals surface area contributed by atoms with Crippen molar-refractivity contribution in [2.75, 3.05) is 18.0 Å². The molecule has 1 spiro atoms. The van der Waals surface area contributed by atoms with Crippen LogP contribution in [0.1, 0.15) is 57.4 Å². The number of hydrogen-bond acceptors (Lipinski definition) is 2. The number of nitrogens with zero attached hydrogens (tertiary/aromatic N) is 1. The summed E-state index contributed by atoms with van der Waals surface area (Å²) in [6, 6.07) is 8.98. The third-order valence-electron chi connectivity index (χ3n) is 5.07. The highest BCUT2D eigenvalue weighted by atomic mass is 15.2. The molecule has 1 saturated carbocycles. The number of benzene rings is 1. The number of nitrogens with one attached hydrogen (secondary N) is 1. The number of hydrogen-bond donors (Lipinski definition) is 1. The highest BCUT2D eigenvalue weighted by Gasteiger charge is 2.37. The Morgan fingerprint density at radius 3 is 2.75 bits per heavy atom. The second kappa shape index (κ2) is 6.17. The van der Waals surface area contributed by atoms with Gasteiger partial charge in [-0.1, -0.05) is 50.8 Å². The van der Waals surface area contributed by atoms with E-state index in [4.69, 9.17) is 0 Å². The van der Waals surface area contributed by atoms with Gasteiger partial charge < -0.3 is 10.2 Å². The molecule has 1 aromatic rings. The van der Waals surface area contributed by atoms with Gasteiger partial charge in [0.15, 0.2) is 0 Å². The van der Waals surface area contributed by atoms with Crippen LogP contribution in [0.25, 0.3) is 0 Å². The average Bonchev–Trinajstić information content (AvgIpc) is 2.87. The standard InChI is InChI=1S/C18H28N2/c1-2-3-8-13-20-15-18(11-6-7-12-18)19-14-16-9-4-5-10-17(16)20/h4-5,9-10,19H,2-3,6-8,11-15H2,1H3. The third kappa shape index (κ3) is 2.85. The maximum Gasteiger partial charge on any atom is 0.0412 e. The number of rotatable bonds is 4. The van der Waals surface area contributed by atoms with Gasteiger partial charge in [-0.2, -0.15) is 0 Å². The van der Waals surface area contributed by atoms with Gasteiger partial charge in [0, 0.05) is 30.9 Å². The first-order valence-corrected chi connectivity index (χ1v) is 8.41. The van der Waals surface area contributed by atoms with Crippen LogP contribution in [0.15, 0.2) is 24.3 Å². The molecule has 1 N–H and O–H groups in total. The minimum Gasteiger partial charge on any atom is -0.369 e. The normalized spacial score (nSPS) is 20.9. The molecule has 1 heterocycles. The highest BCUT2D eigenvalue weighted by Crippen LogP contribution is 2.35. The van der Waals surface area contributed by atoms with E-state index in [2.05, 4.69) is 41.4 Å². The number of anilines is 1. The molecular weight excluding hydrogens is 244 g/mol. The Morgan fingerprint density at radius 1 is 1.15 bits per heavy atom. The van der Waals surface area contributed by atoms with Crippen molar-refractivity contribution < 1.29 is 0 Å². The lowest BCUT2D eigenvalue weighted by atomic mass is 9.97. The van der Waals surface area contributed by atoms with Gasteiger partial charge in [0.05, 0.1) is 0 Å². The van der Waals surface area contributed by atoms with Gasteiger partial charge in [0.25, 0.3) is 0 Å². The first-order chi connectivity index (χ1) is 9.83. The van der Waals surface area contributed by atoms with Gasteiger partial charge in [-0.25, -0.2) is 0 Å². The zero-order valence-corrected chi connectivity index (χ0v) is 12.8. The van der Waals surface area contributed by atoms with E-state index in [-0.39, 0.29) is 0 Å². The van der Waals surface area contributed by atoms with Gasteiger partial charge in [0.1, 0.15) is 0 Å². The summed E-state index contributed by atoms with van der Waals surface area (Å²) < 4.78 is 0. The third-order valence-corrected chi connectivity index (χ3v) is 5.07. The summed E-state index contributed by atoms with van der Waals surface area (Å²) in [5.74, 6) is 0. The topological polar surface area (TPSA) is 15.3 Å². The lowest BCUT2D eigenvalue weighted by Gasteiger charge is -2.35. The molecule has 0 atom stereocenters. The first-order valence-electron chi connectivity index (χ1n) is 8.41. The average molecular weight is 272 g/mol. The molecule has 0 radical (unpaired) electrons. The van der Waals surface area contributed by atoms with Crippen LogP contribution in [0, 0.1) is 0 Å². The van der Waals surface area contributed by atoms with E-state index >= 15 is 0 Å². The molecule has 0 unspecified atom stereocenters. The minimum atomic E-state index is 0.380. The number of unbranched alkanes of at least 4 members (excludes halogenated alkanes) is 2. The number of fused-ring (bicyclic) bond motifs is 1. The van der Waals surface area contributed by atoms with Crippen molar-refractivity contribution in [3.63, 3.8) is 0 Å². The Balaban J connectivity index is 1.81. The summed E-state index contributed by atoms with van der Waals surface area (Å²) in [6.07, 6.45) is 9.47. The zero-order chi connectivity index (χ0) is 13.8. The van der Waals surface area contributed by atoms with E-state index in [0.29, 0.717) is 5.54 Å². The molecule has 2 nitrogen and oxygen atoms in total. The molecule has 2 aliphatic rings. The molecular formula is C18H28N2. The Bertz CT molecular complexity index is 435. The van der Waals surface area contributed by atoms with Gasteiger partial charge in [-0.05, 0) is 30.9 Å². The minimum absolute atomic E-state index is 0.380. The monoisotopic (exact) mass is 272 g/mol. The van der Waals surface area contributed by atoms with E-state index in [9.17, 15) is 0 Å². The fraction of sp³-hybridized carbons (Fsp3) is 0.667. The van der Waals surface area contributed by atoms with Crippen molar-refractivity contribution in [2.24, 2.45) is 0 Å². The van der Waals surface area contributed by atoms with Crippen molar-refractivity contribution >= 4 is 5.69 Å². The summed E-state index contributed by atoms with van der Waals surface area (Å²) in [4.78, 5) is 2.66. The first kappa shape index (κ1) is 13.9. The van der Waals surface area contributed by atoms with E-state index in [1.165, 1.54) is 69.3 Å². The lowest BCUT2D eigenvalue weighted by molar-refractivity contribution is 0.337. The molecule has 0 amide bonds. The van der Waals surface area contributed by atoms with Crippen molar-refractivity contribution in [3.8, 4) is 0 Å². The summed E-state index contributed by atoms with van der Waals surface area (Å²) in [5.41, 5.74) is 3.33. The Kier molecular flexibility index (Phi) is 4.30. The van der Waals surface area contributed by atoms with Crippen LogP contribution in [0.5, 0.6) is 0 Å². The molecule has 2 heteroatoms. The van der Waals surface area contributed by atoms with E-state index in [1.807, 2.05) is 0 Å². The van der Waals surface area contributed by atoms with Crippen molar-refractivity contribution in [3.05, 3.63) is 29.8 Å². The fourth-order valence-electron chi connectivity index (χ4n) is 3.90. The van der Waals surface area contributed by atoms with Crippen molar-refractivity contribution in [2.45, 2.75) is 64.0 Å². The van der Waals surface area contributed by atoms with E-state index < -0.39 is 0 Å². The van der Waals surface area contributed by atoms with Gasteiger partial charge in [-0.3, -0.25) is 0 Å². The van der Waals surface area contributed by atoms with Gasteiger partial charge in [-0.15, -0.1) is 0 Å². The predicted molar refractivity (Wildman–Crippen MR) is 86.2 cm³/mol. The van der Waals surface area contributed by atoms with Crippen LogP contribution >= 0.6 is 0 Å². The molecule has 0 bridgehead atoms. The maximum atomic E-state index is 3.89. The second-order valence-electron chi connectivity index (χ2n) is 6.60. The summed E-state index contributed by atoms with van der Waals surface area (Å²) >= 11 is 0. The largest absolute Gasteiger partial charge is 0.369 e. The molecule has 110 valence electrons. The fourth-order valence-corrected chi connectivity index (χ4v) is 3.90. The van der Waals surface area contributed by atoms with Gasteiger partial charge >= 0.3 is 0 Å². The molecule has 20 heavy (non-hydrogen) atoms. The van der Waals surface area contributed by atoms with Crippen LogP contribution < -0.4 is 10.2 Å². The van der Waals surface area contributed by atoms with Crippen LogP contribution in [0.2, 0.25) is 0 Å². The quantitative estimate of drug-likeness (QED) is 0.830. The van der Waals surface area contributed by atoms with E-state index in [1.54, 1.807) is 0 Å². The SMILES string of the molecule is CCCCCN1CC2(CCCC2)NCc2ccccc21. The molecule has 3 rings (SSSR count). The molecule has 1 aliphatic heterocycles. The molecule has 1 fully saturated rings.